The molecular formula is C18H29NO3Si. The van der Waals surface area contributed by atoms with Crippen molar-refractivity contribution in [3.05, 3.63) is 30.1 Å². The summed E-state index contributed by atoms with van der Waals surface area (Å²) in [7, 11) is -1.72. The van der Waals surface area contributed by atoms with Crippen molar-refractivity contribution in [3.63, 3.8) is 0 Å². The predicted octanol–water partition coefficient (Wildman–Crippen LogP) is 4.07. The number of Topliss-reactive ketones (excluding diaryl/α,β-unsaturated/α-hetero) is 1. The Balaban J connectivity index is 1.98. The molecule has 0 unspecified atom stereocenters. The van der Waals surface area contributed by atoms with Crippen molar-refractivity contribution >= 4 is 14.1 Å². The summed E-state index contributed by atoms with van der Waals surface area (Å²) in [6, 6.07) is 3.90. The van der Waals surface area contributed by atoms with Gasteiger partial charge in [-0.1, -0.05) is 26.8 Å². The van der Waals surface area contributed by atoms with Crippen LogP contribution in [0.3, 0.4) is 0 Å². The molecule has 5 heteroatoms. The summed E-state index contributed by atoms with van der Waals surface area (Å²) >= 11 is 0. The Kier molecular flexibility index (Phi) is 5.43. The van der Waals surface area contributed by atoms with E-state index in [9.17, 15) is 4.79 Å². The van der Waals surface area contributed by atoms with E-state index >= 15 is 0 Å². The second-order valence-corrected chi connectivity index (χ2v) is 12.8. The lowest BCUT2D eigenvalue weighted by molar-refractivity contribution is -0.117. The zero-order valence-electron chi connectivity index (χ0n) is 15.0. The average molecular weight is 336 g/mol. The molecule has 1 aliphatic rings. The molecule has 1 aromatic rings. The molecule has 2 heterocycles. The largest absolute Gasteiger partial charge is 0.417 e. The van der Waals surface area contributed by atoms with Crippen molar-refractivity contribution in [2.24, 2.45) is 0 Å². The molecule has 1 atom stereocenters. The van der Waals surface area contributed by atoms with Crippen LogP contribution in [0.4, 0.5) is 0 Å². The maximum absolute atomic E-state index is 11.8. The Bertz CT molecular complexity index is 539. The molecule has 1 aliphatic heterocycles. The molecule has 0 saturated carbocycles. The minimum Gasteiger partial charge on any atom is -0.417 e. The van der Waals surface area contributed by atoms with Gasteiger partial charge < -0.3 is 9.16 Å². The predicted molar refractivity (Wildman–Crippen MR) is 93.9 cm³/mol. The zero-order chi connectivity index (χ0) is 17.1. The summed E-state index contributed by atoms with van der Waals surface area (Å²) in [5, 5.41) is 0.216. The van der Waals surface area contributed by atoms with Crippen molar-refractivity contribution < 1.29 is 14.0 Å². The highest BCUT2D eigenvalue weighted by Crippen LogP contribution is 2.40. The van der Waals surface area contributed by atoms with Crippen LogP contribution in [-0.4, -0.2) is 32.3 Å². The van der Waals surface area contributed by atoms with E-state index in [1.807, 2.05) is 18.3 Å². The third-order valence-corrected chi connectivity index (χ3v) is 9.71. The van der Waals surface area contributed by atoms with Crippen molar-refractivity contribution in [1.82, 2.24) is 4.98 Å². The monoisotopic (exact) mass is 335 g/mol. The summed E-state index contributed by atoms with van der Waals surface area (Å²) in [4.78, 5) is 16.0. The first-order valence-electron chi connectivity index (χ1n) is 8.36. The first-order chi connectivity index (χ1) is 10.7. The van der Waals surface area contributed by atoms with Gasteiger partial charge in [-0.2, -0.15) is 0 Å². The van der Waals surface area contributed by atoms with Crippen LogP contribution in [0.15, 0.2) is 24.5 Å². The number of carbonyl (C=O) groups excluding carboxylic acids is 1. The molecule has 23 heavy (non-hydrogen) atoms. The minimum atomic E-state index is -1.72. The molecular weight excluding hydrogens is 306 g/mol. The number of ketones is 1. The Morgan fingerprint density at radius 1 is 1.39 bits per heavy atom. The van der Waals surface area contributed by atoms with Gasteiger partial charge in [0.05, 0.1) is 0 Å². The van der Waals surface area contributed by atoms with Crippen LogP contribution < -0.4 is 0 Å². The van der Waals surface area contributed by atoms with Gasteiger partial charge in [0.1, 0.15) is 12.2 Å². The zero-order valence-corrected chi connectivity index (χ0v) is 16.0. The van der Waals surface area contributed by atoms with Gasteiger partial charge in [-0.05, 0) is 37.0 Å². The first-order valence-corrected chi connectivity index (χ1v) is 11.3. The van der Waals surface area contributed by atoms with Crippen LogP contribution in [0.5, 0.6) is 0 Å². The normalized spacial score (nSPS) is 22.6. The SMILES string of the molecule is CC(C)(C)[Si](C)(C)OCCC[C@]1(c2cccnc2)CC(=O)CO1. The van der Waals surface area contributed by atoms with E-state index in [-0.39, 0.29) is 17.4 Å². The second kappa shape index (κ2) is 6.83. The number of pyridine rings is 1. The minimum absolute atomic E-state index is 0.166. The summed E-state index contributed by atoms with van der Waals surface area (Å²) in [6.07, 6.45) is 5.67. The van der Waals surface area contributed by atoms with Gasteiger partial charge in [0.25, 0.3) is 0 Å². The molecule has 0 aliphatic carbocycles. The van der Waals surface area contributed by atoms with Gasteiger partial charge in [0, 0.05) is 31.0 Å². The Morgan fingerprint density at radius 3 is 2.65 bits per heavy atom. The lowest BCUT2D eigenvalue weighted by Gasteiger charge is -2.36. The Morgan fingerprint density at radius 2 is 2.13 bits per heavy atom. The van der Waals surface area contributed by atoms with Crippen molar-refractivity contribution in [2.45, 2.75) is 63.8 Å². The molecule has 0 bridgehead atoms. The third-order valence-electron chi connectivity index (χ3n) is 5.17. The van der Waals surface area contributed by atoms with E-state index in [0.29, 0.717) is 6.42 Å². The van der Waals surface area contributed by atoms with Crippen LogP contribution >= 0.6 is 0 Å². The van der Waals surface area contributed by atoms with Gasteiger partial charge in [-0.3, -0.25) is 9.78 Å². The quantitative estimate of drug-likeness (QED) is 0.581. The molecule has 0 radical (unpaired) electrons. The molecule has 0 aromatic carbocycles. The van der Waals surface area contributed by atoms with Crippen molar-refractivity contribution in [3.8, 4) is 0 Å². The van der Waals surface area contributed by atoms with Gasteiger partial charge in [-0.15, -0.1) is 0 Å². The van der Waals surface area contributed by atoms with E-state index in [1.165, 1.54) is 0 Å². The Hall–Kier alpha value is -1.04. The maximum Gasteiger partial charge on any atom is 0.191 e. The second-order valence-electron chi connectivity index (χ2n) is 7.95. The number of nitrogens with zero attached hydrogens (tertiary/aromatic N) is 1. The number of rotatable bonds is 6. The molecule has 0 spiro atoms. The van der Waals surface area contributed by atoms with E-state index in [1.54, 1.807) is 6.20 Å². The third kappa shape index (κ3) is 4.28. The first kappa shape index (κ1) is 18.3. The number of hydrogen-bond donors (Lipinski definition) is 0. The maximum atomic E-state index is 11.8. The highest BCUT2D eigenvalue weighted by Gasteiger charge is 2.41. The number of hydrogen-bond acceptors (Lipinski definition) is 4. The van der Waals surface area contributed by atoms with Gasteiger partial charge in [-0.25, -0.2) is 0 Å². The fourth-order valence-electron chi connectivity index (χ4n) is 2.66. The standard InChI is InChI=1S/C18H29NO3Si/c1-17(2,3)23(4,5)22-11-7-9-18(12-16(20)14-21-18)15-8-6-10-19-13-15/h6,8,10,13H,7,9,11-12,14H2,1-5H3/t18-/m1/s1. The molecule has 1 aromatic heterocycles. The highest BCUT2D eigenvalue weighted by atomic mass is 28.4. The van der Waals surface area contributed by atoms with Crippen LogP contribution in [0.2, 0.25) is 18.1 Å². The summed E-state index contributed by atoms with van der Waals surface area (Å²) in [5.41, 5.74) is 0.487. The number of aromatic nitrogens is 1. The summed E-state index contributed by atoms with van der Waals surface area (Å²) in [6.45, 7) is 12.2. The lowest BCUT2D eigenvalue weighted by Crippen LogP contribution is -2.41. The number of ether oxygens (including phenoxy) is 1. The molecule has 128 valence electrons. The number of carbonyl (C=O) groups is 1. The topological polar surface area (TPSA) is 48.4 Å². The van der Waals surface area contributed by atoms with Gasteiger partial charge in [0.15, 0.2) is 14.1 Å². The van der Waals surface area contributed by atoms with Crippen LogP contribution in [0.25, 0.3) is 0 Å². The summed E-state index contributed by atoms with van der Waals surface area (Å²) in [5.74, 6) is 0.166. The van der Waals surface area contributed by atoms with Crippen molar-refractivity contribution in [2.75, 3.05) is 13.2 Å². The van der Waals surface area contributed by atoms with Crippen molar-refractivity contribution in [1.29, 1.82) is 0 Å². The van der Waals surface area contributed by atoms with Crippen LogP contribution in [-0.2, 0) is 19.6 Å². The van der Waals surface area contributed by atoms with E-state index in [2.05, 4.69) is 38.8 Å². The van der Waals surface area contributed by atoms with Gasteiger partial charge in [0.2, 0.25) is 0 Å². The Labute approximate surface area is 140 Å². The van der Waals surface area contributed by atoms with E-state index in [4.69, 9.17) is 9.16 Å². The van der Waals surface area contributed by atoms with Crippen LogP contribution in [0.1, 0.15) is 45.6 Å². The molecule has 1 fully saturated rings. The molecule has 0 amide bonds. The fourth-order valence-corrected chi connectivity index (χ4v) is 3.75. The van der Waals surface area contributed by atoms with E-state index < -0.39 is 13.9 Å². The van der Waals surface area contributed by atoms with Gasteiger partial charge >= 0.3 is 0 Å². The van der Waals surface area contributed by atoms with E-state index in [0.717, 1.165) is 25.0 Å². The molecule has 0 N–H and O–H groups in total. The molecule has 1 saturated heterocycles. The highest BCUT2D eigenvalue weighted by molar-refractivity contribution is 6.74. The smallest absolute Gasteiger partial charge is 0.191 e. The molecule has 2 rings (SSSR count). The fraction of sp³-hybridized carbons (Fsp3) is 0.667. The summed E-state index contributed by atoms with van der Waals surface area (Å²) < 4.78 is 12.1. The molecule has 4 nitrogen and oxygen atoms in total. The van der Waals surface area contributed by atoms with Crippen LogP contribution in [0, 0.1) is 0 Å². The lowest BCUT2D eigenvalue weighted by atomic mass is 9.87. The average Bonchev–Trinajstić information content (AvgIpc) is 2.86.